The third kappa shape index (κ3) is 17.7. The van der Waals surface area contributed by atoms with E-state index >= 15 is 0 Å². The van der Waals surface area contributed by atoms with Gasteiger partial charge in [0.25, 0.3) is 0 Å². The fraction of sp³-hybridized carbons (Fsp3) is 0.840. The maximum atomic E-state index is 11.8. The van der Waals surface area contributed by atoms with E-state index in [9.17, 15) is 19.5 Å². The molecule has 0 aromatic carbocycles. The largest absolute Gasteiger partial charge is 0.373 e. The molecular formula is C25H51NO4P+. The van der Waals surface area contributed by atoms with Gasteiger partial charge in [0.15, 0.2) is 0 Å². The third-order valence-corrected chi connectivity index (χ3v) is 6.97. The first kappa shape index (κ1) is 30.6. The van der Waals surface area contributed by atoms with E-state index in [0.717, 1.165) is 32.1 Å². The van der Waals surface area contributed by atoms with Crippen LogP contribution in [0.1, 0.15) is 103 Å². The first-order chi connectivity index (χ1) is 14.5. The Kier molecular flexibility index (Phi) is 16.8. The number of hydrogen-bond donors (Lipinski definition) is 3. The number of allylic oxidation sites excluding steroid dienone is 4. The van der Waals surface area contributed by atoms with E-state index < -0.39 is 12.9 Å². The molecule has 0 aliphatic rings. The second-order valence-electron chi connectivity index (χ2n) is 10.0. The molecule has 1 atom stereocenters. The van der Waals surface area contributed by atoms with Crippen LogP contribution in [0.5, 0.6) is 0 Å². The zero-order chi connectivity index (χ0) is 23.6. The lowest BCUT2D eigenvalue weighted by atomic mass is 10.1. The highest BCUT2D eigenvalue weighted by molar-refractivity contribution is 7.53. The van der Waals surface area contributed by atoms with Crippen molar-refractivity contribution in [1.82, 2.24) is 0 Å². The van der Waals surface area contributed by atoms with Crippen LogP contribution in [-0.2, 0) is 4.57 Å². The standard InChI is InChI=1S/C25H50NO4P/c1-5-6-7-8-9-10-11-12-13-14-15-16-17-18-19-20-21-22-23-25(27,31(28,29)30)24-26(2,3)4/h8-9,16-17,27H,5-7,10-15,18-24H2,1-4H3,(H-,28,29,30)/p+1/b9-8-,17-16-. The molecular weight excluding hydrogens is 409 g/mol. The highest BCUT2D eigenvalue weighted by Crippen LogP contribution is 2.52. The summed E-state index contributed by atoms with van der Waals surface area (Å²) in [5.41, 5.74) is 0. The van der Waals surface area contributed by atoms with Crippen LogP contribution >= 0.6 is 7.60 Å². The van der Waals surface area contributed by atoms with E-state index in [-0.39, 0.29) is 13.0 Å². The van der Waals surface area contributed by atoms with Gasteiger partial charge >= 0.3 is 7.60 Å². The molecule has 184 valence electrons. The molecule has 0 bridgehead atoms. The SMILES string of the molecule is CCCC/C=C\CCCCCC/C=C\CCCCCCC(O)(C[N+](C)(C)C)P(=O)(O)O. The van der Waals surface area contributed by atoms with Gasteiger partial charge in [0.1, 0.15) is 6.54 Å². The Labute approximate surface area is 192 Å². The Morgan fingerprint density at radius 1 is 0.710 bits per heavy atom. The molecule has 6 heteroatoms. The summed E-state index contributed by atoms with van der Waals surface area (Å²) in [5, 5.41) is 8.61. The first-order valence-corrected chi connectivity index (χ1v) is 14.0. The summed E-state index contributed by atoms with van der Waals surface area (Å²) in [6.07, 6.45) is 25.5. The molecule has 0 saturated heterocycles. The Bertz CT molecular complexity index is 536. The van der Waals surface area contributed by atoms with E-state index in [2.05, 4.69) is 31.2 Å². The summed E-state index contributed by atoms with van der Waals surface area (Å²) in [7, 11) is 0.948. The lowest BCUT2D eigenvalue weighted by molar-refractivity contribution is -0.875. The second-order valence-corrected chi connectivity index (χ2v) is 11.9. The predicted octanol–water partition coefficient (Wildman–Crippen LogP) is 6.54. The summed E-state index contributed by atoms with van der Waals surface area (Å²) in [5.74, 6) is 0. The van der Waals surface area contributed by atoms with E-state index in [1.165, 1.54) is 51.4 Å². The van der Waals surface area contributed by atoms with Crippen molar-refractivity contribution in [3.63, 3.8) is 0 Å². The average molecular weight is 461 g/mol. The number of nitrogens with zero attached hydrogens (tertiary/aromatic N) is 1. The molecule has 0 rings (SSSR count). The minimum absolute atomic E-state index is 0.0513. The normalized spacial score (nSPS) is 15.2. The van der Waals surface area contributed by atoms with Gasteiger partial charge in [-0.05, 0) is 57.8 Å². The molecule has 0 aromatic heterocycles. The molecule has 0 fully saturated rings. The quantitative estimate of drug-likeness (QED) is 0.0834. The molecule has 0 aliphatic heterocycles. The van der Waals surface area contributed by atoms with Crippen LogP contribution in [0.25, 0.3) is 0 Å². The molecule has 1 unspecified atom stereocenters. The van der Waals surface area contributed by atoms with Crippen molar-refractivity contribution in [2.75, 3.05) is 27.7 Å². The second kappa shape index (κ2) is 17.1. The van der Waals surface area contributed by atoms with Gasteiger partial charge in [-0.15, -0.1) is 0 Å². The van der Waals surface area contributed by atoms with Gasteiger partial charge in [-0.3, -0.25) is 4.57 Å². The summed E-state index contributed by atoms with van der Waals surface area (Å²) in [6.45, 7) is 2.28. The third-order valence-electron chi connectivity index (χ3n) is 5.52. The van der Waals surface area contributed by atoms with Crippen molar-refractivity contribution in [3.05, 3.63) is 24.3 Å². The summed E-state index contributed by atoms with van der Waals surface area (Å²) >= 11 is 0. The van der Waals surface area contributed by atoms with Crippen LogP contribution < -0.4 is 0 Å². The topological polar surface area (TPSA) is 77.8 Å². The first-order valence-electron chi connectivity index (χ1n) is 12.4. The van der Waals surface area contributed by atoms with Gasteiger partial charge < -0.3 is 19.4 Å². The highest BCUT2D eigenvalue weighted by atomic mass is 31.2. The van der Waals surface area contributed by atoms with E-state index in [4.69, 9.17) is 0 Å². The van der Waals surface area contributed by atoms with Crippen molar-refractivity contribution < 1.29 is 23.9 Å². The lowest BCUT2D eigenvalue weighted by Crippen LogP contribution is -2.49. The smallest absolute Gasteiger partial charge is 0.362 e. The maximum absolute atomic E-state index is 11.8. The number of hydrogen-bond acceptors (Lipinski definition) is 2. The van der Waals surface area contributed by atoms with Crippen LogP contribution in [0.15, 0.2) is 24.3 Å². The molecule has 0 aliphatic carbocycles. The summed E-state index contributed by atoms with van der Waals surface area (Å²) in [4.78, 5) is 19.2. The van der Waals surface area contributed by atoms with Gasteiger partial charge in [0.2, 0.25) is 5.34 Å². The van der Waals surface area contributed by atoms with E-state index in [0.29, 0.717) is 10.9 Å². The number of aliphatic hydroxyl groups is 1. The molecule has 0 aromatic rings. The molecule has 3 N–H and O–H groups in total. The zero-order valence-corrected chi connectivity index (χ0v) is 21.7. The fourth-order valence-electron chi connectivity index (χ4n) is 3.77. The average Bonchev–Trinajstić information content (AvgIpc) is 2.65. The number of likely N-dealkylation sites (N-methyl/N-ethyl adjacent to an activating group) is 1. The summed E-state index contributed by atoms with van der Waals surface area (Å²) in [6, 6.07) is 0. The Balaban J connectivity index is 3.70. The van der Waals surface area contributed by atoms with E-state index in [1.807, 2.05) is 21.1 Å². The van der Waals surface area contributed by atoms with Crippen molar-refractivity contribution >= 4 is 7.60 Å². The van der Waals surface area contributed by atoms with Gasteiger partial charge in [-0.25, -0.2) is 0 Å². The lowest BCUT2D eigenvalue weighted by Gasteiger charge is -2.35. The maximum Gasteiger partial charge on any atom is 0.362 e. The van der Waals surface area contributed by atoms with Crippen LogP contribution in [-0.4, -0.2) is 52.4 Å². The molecule has 0 heterocycles. The molecule has 0 spiro atoms. The van der Waals surface area contributed by atoms with Crippen molar-refractivity contribution in [1.29, 1.82) is 0 Å². The Morgan fingerprint density at radius 2 is 1.10 bits per heavy atom. The van der Waals surface area contributed by atoms with E-state index in [1.54, 1.807) is 0 Å². The summed E-state index contributed by atoms with van der Waals surface area (Å²) < 4.78 is 12.1. The molecule has 0 saturated carbocycles. The van der Waals surface area contributed by atoms with Crippen LogP contribution in [0.2, 0.25) is 0 Å². The van der Waals surface area contributed by atoms with Crippen LogP contribution in [0.3, 0.4) is 0 Å². The number of quaternary nitrogens is 1. The van der Waals surface area contributed by atoms with Crippen molar-refractivity contribution in [2.24, 2.45) is 0 Å². The minimum Gasteiger partial charge on any atom is -0.373 e. The predicted molar refractivity (Wildman–Crippen MR) is 133 cm³/mol. The minimum atomic E-state index is -4.55. The molecule has 0 radical (unpaired) electrons. The molecule has 0 amide bonds. The van der Waals surface area contributed by atoms with Gasteiger partial charge in [0.05, 0.1) is 21.1 Å². The number of unbranched alkanes of at least 4 members (excludes halogenated alkanes) is 11. The zero-order valence-electron chi connectivity index (χ0n) is 20.8. The Morgan fingerprint density at radius 3 is 1.45 bits per heavy atom. The van der Waals surface area contributed by atoms with Crippen molar-refractivity contribution in [2.45, 2.75) is 109 Å². The van der Waals surface area contributed by atoms with Gasteiger partial charge in [-0.2, -0.15) is 0 Å². The highest BCUT2D eigenvalue weighted by Gasteiger charge is 2.48. The van der Waals surface area contributed by atoms with Gasteiger partial charge in [0, 0.05) is 0 Å². The van der Waals surface area contributed by atoms with Crippen LogP contribution in [0.4, 0.5) is 0 Å². The fourth-order valence-corrected chi connectivity index (χ4v) is 4.83. The molecule has 31 heavy (non-hydrogen) atoms. The number of rotatable bonds is 20. The van der Waals surface area contributed by atoms with Crippen molar-refractivity contribution in [3.8, 4) is 0 Å². The molecule has 5 nitrogen and oxygen atoms in total. The monoisotopic (exact) mass is 460 g/mol. The van der Waals surface area contributed by atoms with Gasteiger partial charge in [-0.1, -0.05) is 69.8 Å². The Hall–Kier alpha value is -0.450. The van der Waals surface area contributed by atoms with Crippen LogP contribution in [0, 0.1) is 0 Å².